The van der Waals surface area contributed by atoms with Crippen LogP contribution in [0.15, 0.2) is 42.5 Å². The summed E-state index contributed by atoms with van der Waals surface area (Å²) in [5.74, 6) is 0.633. The summed E-state index contributed by atoms with van der Waals surface area (Å²) >= 11 is 0. The van der Waals surface area contributed by atoms with Gasteiger partial charge in [0.2, 0.25) is 5.91 Å². The molecule has 4 N–H and O–H groups in total. The van der Waals surface area contributed by atoms with Crippen molar-refractivity contribution in [1.29, 1.82) is 0 Å². The minimum Gasteiger partial charge on any atom is -0.508 e. The molecule has 1 amide bonds. The van der Waals surface area contributed by atoms with E-state index in [1.165, 1.54) is 19.1 Å². The molecular weight excluding hydrogens is 296 g/mol. The number of nitrogens with one attached hydrogen (secondary N) is 1. The Balaban J connectivity index is 2.12. The Morgan fingerprint density at radius 3 is 2.52 bits per heavy atom. The van der Waals surface area contributed by atoms with Crippen LogP contribution in [0.1, 0.15) is 23.7 Å². The molecule has 2 aromatic rings. The molecule has 0 saturated heterocycles. The average molecular weight is 314 g/mol. The van der Waals surface area contributed by atoms with Crippen molar-refractivity contribution < 1.29 is 19.4 Å². The molecule has 2 aromatic carbocycles. The van der Waals surface area contributed by atoms with Gasteiger partial charge in [0.15, 0.2) is 11.5 Å². The van der Waals surface area contributed by atoms with Crippen LogP contribution in [0.2, 0.25) is 0 Å². The van der Waals surface area contributed by atoms with Gasteiger partial charge in [0.25, 0.3) is 0 Å². The van der Waals surface area contributed by atoms with Crippen LogP contribution in [0.4, 0.5) is 5.69 Å². The molecule has 6 heteroatoms. The smallest absolute Gasteiger partial charge is 0.216 e. The molecular formula is C17H18N2O4. The molecule has 0 heterocycles. The van der Waals surface area contributed by atoms with Crippen LogP contribution in [-0.2, 0) is 4.79 Å². The number of benzene rings is 2. The average Bonchev–Trinajstić information content (AvgIpc) is 2.51. The maximum absolute atomic E-state index is 12.2. The first kappa shape index (κ1) is 16.4. The molecule has 0 spiro atoms. The number of phenols is 1. The molecule has 23 heavy (non-hydrogen) atoms. The van der Waals surface area contributed by atoms with Gasteiger partial charge in [-0.3, -0.25) is 9.59 Å². The quantitative estimate of drug-likeness (QED) is 0.561. The number of hydrogen-bond donors (Lipinski definition) is 3. The van der Waals surface area contributed by atoms with Crippen LogP contribution in [0.25, 0.3) is 0 Å². The molecule has 0 saturated carbocycles. The van der Waals surface area contributed by atoms with Crippen molar-refractivity contribution in [3.05, 3.63) is 48.0 Å². The normalized spacial score (nSPS) is 10.1. The zero-order valence-corrected chi connectivity index (χ0v) is 12.7. The Hall–Kier alpha value is -3.02. The number of rotatable bonds is 6. The molecule has 6 nitrogen and oxygen atoms in total. The lowest BCUT2D eigenvalue weighted by Crippen LogP contribution is -2.23. The van der Waals surface area contributed by atoms with E-state index in [1.807, 2.05) is 0 Å². The lowest BCUT2D eigenvalue weighted by molar-refractivity contribution is -0.118. The fourth-order valence-electron chi connectivity index (χ4n) is 2.00. The number of ketones is 1. The Kier molecular flexibility index (Phi) is 5.19. The number of nitrogen functional groups attached to an aromatic ring is 1. The third-order valence-electron chi connectivity index (χ3n) is 3.16. The van der Waals surface area contributed by atoms with E-state index in [1.54, 1.807) is 30.3 Å². The molecule has 0 atom stereocenters. The Morgan fingerprint density at radius 1 is 1.17 bits per heavy atom. The highest BCUT2D eigenvalue weighted by Gasteiger charge is 2.14. The van der Waals surface area contributed by atoms with Crippen LogP contribution >= 0.6 is 0 Å². The molecule has 2 rings (SSSR count). The predicted molar refractivity (Wildman–Crippen MR) is 86.7 cm³/mol. The van der Waals surface area contributed by atoms with E-state index in [4.69, 9.17) is 10.5 Å². The van der Waals surface area contributed by atoms with E-state index >= 15 is 0 Å². The van der Waals surface area contributed by atoms with Crippen molar-refractivity contribution in [3.8, 4) is 17.2 Å². The van der Waals surface area contributed by atoms with E-state index in [9.17, 15) is 14.7 Å². The van der Waals surface area contributed by atoms with E-state index in [-0.39, 0.29) is 36.1 Å². The van der Waals surface area contributed by atoms with Crippen LogP contribution in [0.5, 0.6) is 17.2 Å². The predicted octanol–water partition coefficient (Wildman–Crippen LogP) is 2.48. The molecule has 0 unspecified atom stereocenters. The van der Waals surface area contributed by atoms with Crippen LogP contribution < -0.4 is 15.8 Å². The molecule has 0 aliphatic carbocycles. The summed E-state index contributed by atoms with van der Waals surface area (Å²) in [4.78, 5) is 23.0. The van der Waals surface area contributed by atoms with Crippen LogP contribution in [-0.4, -0.2) is 23.3 Å². The molecule has 120 valence electrons. The fourth-order valence-corrected chi connectivity index (χ4v) is 2.00. The Morgan fingerprint density at radius 2 is 1.87 bits per heavy atom. The topological polar surface area (TPSA) is 102 Å². The summed E-state index contributed by atoms with van der Waals surface area (Å²) in [6.07, 6.45) is 0.159. The minimum atomic E-state index is -0.185. The van der Waals surface area contributed by atoms with Crippen molar-refractivity contribution >= 4 is 17.4 Å². The maximum atomic E-state index is 12.2. The van der Waals surface area contributed by atoms with Gasteiger partial charge < -0.3 is 20.9 Å². The standard InChI is InChI=1S/C17H18N2O4/c1-11(20)19-10-9-15(22)14-3-2-4-16(17(14)18)23-13-7-5-12(21)6-8-13/h2-8,21H,9-10,18H2,1H3,(H,19,20). The fraction of sp³-hybridized carbons (Fsp3) is 0.176. The van der Waals surface area contributed by atoms with Gasteiger partial charge in [-0.1, -0.05) is 6.07 Å². The lowest BCUT2D eigenvalue weighted by atomic mass is 10.1. The van der Waals surface area contributed by atoms with Gasteiger partial charge >= 0.3 is 0 Å². The summed E-state index contributed by atoms with van der Waals surface area (Å²) in [5.41, 5.74) is 6.61. The van der Waals surface area contributed by atoms with Gasteiger partial charge in [0, 0.05) is 25.5 Å². The summed E-state index contributed by atoms with van der Waals surface area (Å²) in [6.45, 7) is 1.65. The molecule has 0 bridgehead atoms. The van der Waals surface area contributed by atoms with Crippen molar-refractivity contribution in [2.45, 2.75) is 13.3 Å². The highest BCUT2D eigenvalue weighted by atomic mass is 16.5. The summed E-state index contributed by atoms with van der Waals surface area (Å²) in [5, 5.41) is 11.8. The number of phenolic OH excluding ortho intramolecular Hbond substituents is 1. The maximum Gasteiger partial charge on any atom is 0.216 e. The van der Waals surface area contributed by atoms with Crippen molar-refractivity contribution in [3.63, 3.8) is 0 Å². The van der Waals surface area contributed by atoms with Gasteiger partial charge in [-0.2, -0.15) is 0 Å². The number of aromatic hydroxyl groups is 1. The lowest BCUT2D eigenvalue weighted by Gasteiger charge is -2.12. The first-order chi connectivity index (χ1) is 11.0. The Bertz CT molecular complexity index is 711. The van der Waals surface area contributed by atoms with Crippen LogP contribution in [0, 0.1) is 0 Å². The Labute approximate surface area is 133 Å². The first-order valence-corrected chi connectivity index (χ1v) is 7.10. The van der Waals surface area contributed by atoms with Crippen molar-refractivity contribution in [2.75, 3.05) is 12.3 Å². The van der Waals surface area contributed by atoms with Gasteiger partial charge in [0.05, 0.1) is 5.69 Å². The number of anilines is 1. The SMILES string of the molecule is CC(=O)NCCC(=O)c1cccc(Oc2ccc(O)cc2)c1N. The zero-order chi connectivity index (χ0) is 16.8. The van der Waals surface area contributed by atoms with E-state index in [2.05, 4.69) is 5.32 Å². The number of nitrogens with two attached hydrogens (primary N) is 1. The summed E-state index contributed by atoms with van der Waals surface area (Å²) < 4.78 is 5.64. The number of para-hydroxylation sites is 1. The number of amides is 1. The van der Waals surface area contributed by atoms with Crippen molar-refractivity contribution in [2.24, 2.45) is 0 Å². The van der Waals surface area contributed by atoms with Crippen LogP contribution in [0.3, 0.4) is 0 Å². The number of hydrogen-bond acceptors (Lipinski definition) is 5. The summed E-state index contributed by atoms with van der Waals surface area (Å²) in [6, 6.07) is 11.1. The van der Waals surface area contributed by atoms with Gasteiger partial charge in [-0.15, -0.1) is 0 Å². The highest BCUT2D eigenvalue weighted by Crippen LogP contribution is 2.31. The highest BCUT2D eigenvalue weighted by molar-refractivity contribution is 6.02. The largest absolute Gasteiger partial charge is 0.508 e. The molecule has 0 aromatic heterocycles. The number of Topliss-reactive ketones (excluding diaryl/α,β-unsaturated/α-hetero) is 1. The molecule has 0 radical (unpaired) electrons. The van der Waals surface area contributed by atoms with E-state index in [0.717, 1.165) is 0 Å². The van der Waals surface area contributed by atoms with Gasteiger partial charge in [0.1, 0.15) is 11.5 Å². The second-order valence-electron chi connectivity index (χ2n) is 4.97. The second kappa shape index (κ2) is 7.31. The number of carbonyl (C=O) groups excluding carboxylic acids is 2. The van der Waals surface area contributed by atoms with E-state index < -0.39 is 0 Å². The van der Waals surface area contributed by atoms with E-state index in [0.29, 0.717) is 17.1 Å². The van der Waals surface area contributed by atoms with Gasteiger partial charge in [-0.05, 0) is 36.4 Å². The number of carbonyl (C=O) groups is 2. The third-order valence-corrected chi connectivity index (χ3v) is 3.16. The first-order valence-electron chi connectivity index (χ1n) is 7.10. The second-order valence-corrected chi connectivity index (χ2v) is 4.97. The number of ether oxygens (including phenoxy) is 1. The third kappa shape index (κ3) is 4.47. The minimum absolute atomic E-state index is 0.132. The van der Waals surface area contributed by atoms with Gasteiger partial charge in [-0.25, -0.2) is 0 Å². The monoisotopic (exact) mass is 314 g/mol. The van der Waals surface area contributed by atoms with Crippen molar-refractivity contribution in [1.82, 2.24) is 5.32 Å². The zero-order valence-electron chi connectivity index (χ0n) is 12.7. The molecule has 0 fully saturated rings. The summed E-state index contributed by atoms with van der Waals surface area (Å²) in [7, 11) is 0. The molecule has 0 aliphatic heterocycles. The molecule has 0 aliphatic rings.